The van der Waals surface area contributed by atoms with Crippen molar-refractivity contribution in [3.63, 3.8) is 0 Å². The number of piperidine rings is 1. The summed E-state index contributed by atoms with van der Waals surface area (Å²) in [7, 11) is -3.22. The molecule has 5 nitrogen and oxygen atoms in total. The maximum absolute atomic E-state index is 11.3. The van der Waals surface area contributed by atoms with Gasteiger partial charge in [-0.15, -0.1) is 0 Å². The molecule has 7 heteroatoms. The number of anilines is 1. The first-order valence-corrected chi connectivity index (χ1v) is 8.58. The molecular formula is C13H16ClN3O2S. The number of hydrogen-bond donors (Lipinski definition) is 1. The van der Waals surface area contributed by atoms with E-state index in [2.05, 4.69) is 10.8 Å². The quantitative estimate of drug-likeness (QED) is 0.922. The predicted molar refractivity (Wildman–Crippen MR) is 79.4 cm³/mol. The van der Waals surface area contributed by atoms with E-state index < -0.39 is 10.0 Å². The Kier molecular flexibility index (Phi) is 4.53. The van der Waals surface area contributed by atoms with Crippen LogP contribution in [-0.2, 0) is 10.0 Å². The van der Waals surface area contributed by atoms with Crippen molar-refractivity contribution in [1.82, 2.24) is 4.72 Å². The van der Waals surface area contributed by atoms with Crippen molar-refractivity contribution in [2.24, 2.45) is 0 Å². The van der Waals surface area contributed by atoms with Gasteiger partial charge in [-0.1, -0.05) is 11.6 Å². The topological polar surface area (TPSA) is 73.2 Å². The van der Waals surface area contributed by atoms with E-state index in [-0.39, 0.29) is 6.04 Å². The van der Waals surface area contributed by atoms with Crippen LogP contribution in [0.4, 0.5) is 5.69 Å². The lowest BCUT2D eigenvalue weighted by Gasteiger charge is -2.34. The fourth-order valence-corrected chi connectivity index (χ4v) is 3.42. The van der Waals surface area contributed by atoms with Crippen LogP contribution < -0.4 is 9.62 Å². The van der Waals surface area contributed by atoms with E-state index in [1.54, 1.807) is 18.2 Å². The van der Waals surface area contributed by atoms with Gasteiger partial charge in [0.05, 0.1) is 17.5 Å². The fourth-order valence-electron chi connectivity index (χ4n) is 2.46. The van der Waals surface area contributed by atoms with Crippen molar-refractivity contribution in [2.45, 2.75) is 18.9 Å². The molecule has 1 saturated heterocycles. The number of rotatable bonds is 3. The van der Waals surface area contributed by atoms with Crippen molar-refractivity contribution in [2.75, 3.05) is 24.2 Å². The molecule has 1 fully saturated rings. The number of nitriles is 1. The van der Waals surface area contributed by atoms with Gasteiger partial charge >= 0.3 is 0 Å². The van der Waals surface area contributed by atoms with Crippen LogP contribution in [0.15, 0.2) is 18.2 Å². The maximum Gasteiger partial charge on any atom is 0.209 e. The summed E-state index contributed by atoms with van der Waals surface area (Å²) in [6.07, 6.45) is 2.82. The number of nitrogens with zero attached hydrogens (tertiary/aromatic N) is 2. The molecule has 0 aliphatic carbocycles. The number of nitrogens with one attached hydrogen (secondary N) is 1. The van der Waals surface area contributed by atoms with E-state index in [0.717, 1.165) is 31.3 Å². The Morgan fingerprint density at radius 3 is 2.90 bits per heavy atom. The molecule has 2 rings (SSSR count). The van der Waals surface area contributed by atoms with Crippen LogP contribution in [0.1, 0.15) is 18.4 Å². The van der Waals surface area contributed by atoms with Crippen LogP contribution >= 0.6 is 11.6 Å². The fraction of sp³-hybridized carbons (Fsp3) is 0.462. The van der Waals surface area contributed by atoms with Crippen LogP contribution in [-0.4, -0.2) is 33.8 Å². The van der Waals surface area contributed by atoms with Gasteiger partial charge in [-0.3, -0.25) is 0 Å². The zero-order chi connectivity index (χ0) is 14.8. The number of hydrogen-bond acceptors (Lipinski definition) is 4. The van der Waals surface area contributed by atoms with Gasteiger partial charge in [-0.25, -0.2) is 13.1 Å². The molecule has 0 radical (unpaired) electrons. The molecule has 1 aliphatic heterocycles. The molecule has 108 valence electrons. The summed E-state index contributed by atoms with van der Waals surface area (Å²) >= 11 is 5.99. The molecule has 1 aliphatic rings. The molecule has 1 N–H and O–H groups in total. The summed E-state index contributed by atoms with van der Waals surface area (Å²) in [4.78, 5) is 2.01. The highest BCUT2D eigenvalue weighted by Gasteiger charge is 2.24. The Morgan fingerprint density at radius 2 is 2.25 bits per heavy atom. The van der Waals surface area contributed by atoms with Crippen LogP contribution in [0.5, 0.6) is 0 Å². The Bertz CT molecular complexity index is 640. The lowest BCUT2D eigenvalue weighted by atomic mass is 10.0. The summed E-state index contributed by atoms with van der Waals surface area (Å²) in [5.74, 6) is 0. The summed E-state index contributed by atoms with van der Waals surface area (Å²) in [5, 5.41) is 9.73. The molecule has 1 aromatic rings. The minimum absolute atomic E-state index is 0.135. The summed E-state index contributed by atoms with van der Waals surface area (Å²) in [6, 6.07) is 7.13. The highest BCUT2D eigenvalue weighted by Crippen LogP contribution is 2.27. The van der Waals surface area contributed by atoms with Crippen LogP contribution in [0.2, 0.25) is 5.02 Å². The molecule has 0 saturated carbocycles. The highest BCUT2D eigenvalue weighted by atomic mass is 35.5. The minimum Gasteiger partial charge on any atom is -0.369 e. The van der Waals surface area contributed by atoms with Gasteiger partial charge in [0.15, 0.2) is 0 Å². The molecule has 0 amide bonds. The third kappa shape index (κ3) is 3.85. The molecule has 0 aromatic heterocycles. The van der Waals surface area contributed by atoms with Crippen molar-refractivity contribution < 1.29 is 8.42 Å². The van der Waals surface area contributed by atoms with Gasteiger partial charge in [-0.05, 0) is 31.0 Å². The third-order valence-corrected chi connectivity index (χ3v) is 4.22. The summed E-state index contributed by atoms with van der Waals surface area (Å²) in [5.41, 5.74) is 1.31. The average Bonchev–Trinajstić information content (AvgIpc) is 2.37. The van der Waals surface area contributed by atoms with Gasteiger partial charge in [-0.2, -0.15) is 5.26 Å². The van der Waals surface area contributed by atoms with Crippen LogP contribution in [0.3, 0.4) is 0 Å². The van der Waals surface area contributed by atoms with E-state index in [4.69, 9.17) is 16.9 Å². The van der Waals surface area contributed by atoms with E-state index in [9.17, 15) is 8.42 Å². The zero-order valence-corrected chi connectivity index (χ0v) is 12.7. The maximum atomic E-state index is 11.3. The lowest BCUT2D eigenvalue weighted by Crippen LogP contribution is -2.47. The third-order valence-electron chi connectivity index (χ3n) is 3.22. The van der Waals surface area contributed by atoms with Gasteiger partial charge in [0.1, 0.15) is 6.07 Å². The lowest BCUT2D eigenvalue weighted by molar-refractivity contribution is 0.467. The molecule has 0 unspecified atom stereocenters. The van der Waals surface area contributed by atoms with Crippen molar-refractivity contribution in [3.05, 3.63) is 28.8 Å². The SMILES string of the molecule is CS(=O)(=O)N[C@H]1CCCN(c2cc(Cl)ccc2C#N)C1. The minimum atomic E-state index is -3.22. The van der Waals surface area contributed by atoms with Gasteiger partial charge in [0, 0.05) is 24.2 Å². The Labute approximate surface area is 124 Å². The van der Waals surface area contributed by atoms with Crippen molar-refractivity contribution in [1.29, 1.82) is 5.26 Å². The molecule has 1 heterocycles. The Morgan fingerprint density at radius 1 is 1.50 bits per heavy atom. The Hall–Kier alpha value is -1.29. The number of halogens is 1. The van der Waals surface area contributed by atoms with E-state index in [1.165, 1.54) is 0 Å². The molecule has 1 atom stereocenters. The van der Waals surface area contributed by atoms with Gasteiger partial charge in [0.2, 0.25) is 10.0 Å². The molecule has 1 aromatic carbocycles. The largest absolute Gasteiger partial charge is 0.369 e. The van der Waals surface area contributed by atoms with E-state index >= 15 is 0 Å². The van der Waals surface area contributed by atoms with Crippen molar-refractivity contribution >= 4 is 27.3 Å². The smallest absolute Gasteiger partial charge is 0.209 e. The molecule has 20 heavy (non-hydrogen) atoms. The van der Waals surface area contributed by atoms with Crippen LogP contribution in [0, 0.1) is 11.3 Å². The highest BCUT2D eigenvalue weighted by molar-refractivity contribution is 7.88. The second kappa shape index (κ2) is 6.00. The second-order valence-electron chi connectivity index (χ2n) is 4.95. The van der Waals surface area contributed by atoms with Crippen LogP contribution in [0.25, 0.3) is 0 Å². The molecule has 0 bridgehead atoms. The first kappa shape index (κ1) is 15.1. The summed E-state index contributed by atoms with van der Waals surface area (Å²) in [6.45, 7) is 1.33. The van der Waals surface area contributed by atoms with E-state index in [0.29, 0.717) is 17.1 Å². The first-order valence-electron chi connectivity index (χ1n) is 6.31. The van der Waals surface area contributed by atoms with E-state index in [1.807, 2.05) is 4.90 Å². The standard InChI is InChI=1S/C13H16ClN3O2S/c1-20(18,19)16-12-3-2-6-17(9-12)13-7-11(14)5-4-10(13)8-15/h4-5,7,12,16H,2-3,6,9H2,1H3/t12-/m0/s1. The normalized spacial score (nSPS) is 19.6. The van der Waals surface area contributed by atoms with Gasteiger partial charge < -0.3 is 4.90 Å². The zero-order valence-electron chi connectivity index (χ0n) is 11.1. The van der Waals surface area contributed by atoms with Gasteiger partial charge in [0.25, 0.3) is 0 Å². The molecular weight excluding hydrogens is 298 g/mol. The van der Waals surface area contributed by atoms with Crippen molar-refractivity contribution in [3.8, 4) is 6.07 Å². The number of benzene rings is 1. The number of sulfonamides is 1. The molecule has 0 spiro atoms. The summed E-state index contributed by atoms with van der Waals surface area (Å²) < 4.78 is 25.3. The first-order chi connectivity index (χ1) is 9.39. The second-order valence-corrected chi connectivity index (χ2v) is 7.16. The monoisotopic (exact) mass is 313 g/mol. The average molecular weight is 314 g/mol. The Balaban J connectivity index is 2.21. The predicted octanol–water partition coefficient (Wildman–Crippen LogP) is 1.73.